The third kappa shape index (κ3) is 1.47. The van der Waals surface area contributed by atoms with Gasteiger partial charge in [-0.1, -0.05) is 0 Å². The van der Waals surface area contributed by atoms with E-state index in [0.29, 0.717) is 23.8 Å². The van der Waals surface area contributed by atoms with Crippen LogP contribution in [0.1, 0.15) is 12.8 Å². The molecule has 3 atom stereocenters. The van der Waals surface area contributed by atoms with Crippen LogP contribution < -0.4 is 11.1 Å². The maximum Gasteiger partial charge on any atom is 0.228 e. The number of nitrogens with two attached hydrogens (primary N) is 1. The summed E-state index contributed by atoms with van der Waals surface area (Å²) in [6.45, 7) is 3.63. The molecule has 0 aromatic heterocycles. The summed E-state index contributed by atoms with van der Waals surface area (Å²) in [5, 5.41) is 3.15. The Hall–Kier alpha value is -0.610. The van der Waals surface area contributed by atoms with Gasteiger partial charge in [-0.3, -0.25) is 4.79 Å². The molecule has 0 bridgehead atoms. The third-order valence-corrected chi connectivity index (χ3v) is 4.35. The second-order valence-electron chi connectivity index (χ2n) is 5.26. The first kappa shape index (κ1) is 9.60. The largest absolute Gasteiger partial charge is 0.342 e. The van der Waals surface area contributed by atoms with Crippen LogP contribution in [0.25, 0.3) is 0 Å². The van der Waals surface area contributed by atoms with E-state index >= 15 is 0 Å². The zero-order valence-corrected chi connectivity index (χ0v) is 8.98. The molecule has 2 aliphatic heterocycles. The minimum Gasteiger partial charge on any atom is -0.342 e. The maximum absolute atomic E-state index is 12.0. The predicted molar refractivity (Wildman–Crippen MR) is 57.1 cm³/mol. The Labute approximate surface area is 90.2 Å². The molecule has 2 heterocycles. The van der Waals surface area contributed by atoms with E-state index in [1.165, 1.54) is 6.42 Å². The molecule has 4 heteroatoms. The highest BCUT2D eigenvalue weighted by Crippen LogP contribution is 2.37. The van der Waals surface area contributed by atoms with E-state index in [1.807, 2.05) is 0 Å². The molecular weight excluding hydrogens is 190 g/mol. The molecule has 0 radical (unpaired) electrons. The molecule has 15 heavy (non-hydrogen) atoms. The summed E-state index contributed by atoms with van der Waals surface area (Å²) < 4.78 is 0. The van der Waals surface area contributed by atoms with Gasteiger partial charge in [-0.05, 0) is 24.7 Å². The van der Waals surface area contributed by atoms with E-state index in [2.05, 4.69) is 10.2 Å². The van der Waals surface area contributed by atoms with Gasteiger partial charge in [0.2, 0.25) is 5.91 Å². The molecule has 1 saturated carbocycles. The fraction of sp³-hybridized carbons (Fsp3) is 0.909. The second-order valence-corrected chi connectivity index (χ2v) is 5.26. The summed E-state index contributed by atoms with van der Waals surface area (Å²) in [7, 11) is 0. The van der Waals surface area contributed by atoms with Crippen molar-refractivity contribution in [3.05, 3.63) is 0 Å². The number of carbonyl (C=O) groups excluding carboxylic acids is 1. The summed E-state index contributed by atoms with van der Waals surface area (Å²) >= 11 is 0. The van der Waals surface area contributed by atoms with Gasteiger partial charge in [0.15, 0.2) is 0 Å². The molecule has 1 aliphatic carbocycles. The summed E-state index contributed by atoms with van der Waals surface area (Å²) in [6, 6.07) is 0.340. The molecule has 0 aromatic rings. The normalized spacial score (nSPS) is 40.3. The molecule has 3 rings (SSSR count). The van der Waals surface area contributed by atoms with Crippen LogP contribution in [0.15, 0.2) is 0 Å². The minimum atomic E-state index is 0.250. The number of hydrogen-bond acceptors (Lipinski definition) is 3. The van der Waals surface area contributed by atoms with Crippen LogP contribution in [0.4, 0.5) is 0 Å². The topological polar surface area (TPSA) is 58.4 Å². The van der Waals surface area contributed by atoms with Crippen LogP contribution in [0.2, 0.25) is 0 Å². The first-order chi connectivity index (χ1) is 7.25. The van der Waals surface area contributed by atoms with Gasteiger partial charge in [-0.15, -0.1) is 0 Å². The Balaban J connectivity index is 1.63. The van der Waals surface area contributed by atoms with Crippen molar-refractivity contribution in [2.24, 2.45) is 23.5 Å². The Morgan fingerprint density at radius 1 is 1.27 bits per heavy atom. The molecule has 3 fully saturated rings. The van der Waals surface area contributed by atoms with E-state index in [9.17, 15) is 4.79 Å². The van der Waals surface area contributed by atoms with Gasteiger partial charge in [-0.25, -0.2) is 0 Å². The first-order valence-corrected chi connectivity index (χ1v) is 6.01. The average Bonchev–Trinajstić information content (AvgIpc) is 2.65. The van der Waals surface area contributed by atoms with E-state index in [-0.39, 0.29) is 5.92 Å². The number of nitrogens with one attached hydrogen (secondary N) is 1. The van der Waals surface area contributed by atoms with Gasteiger partial charge in [0.1, 0.15) is 0 Å². The van der Waals surface area contributed by atoms with Gasteiger partial charge in [0, 0.05) is 32.2 Å². The Bertz CT molecular complexity index is 277. The zero-order chi connectivity index (χ0) is 10.4. The van der Waals surface area contributed by atoms with Crippen molar-refractivity contribution in [1.29, 1.82) is 0 Å². The van der Waals surface area contributed by atoms with Crippen LogP contribution in [0.3, 0.4) is 0 Å². The number of nitrogens with zero attached hydrogens (tertiary/aromatic N) is 1. The average molecular weight is 209 g/mol. The fourth-order valence-electron chi connectivity index (χ4n) is 3.21. The summed E-state index contributed by atoms with van der Waals surface area (Å²) in [5.41, 5.74) is 6.05. The monoisotopic (exact) mass is 209 g/mol. The molecule has 84 valence electrons. The van der Waals surface area contributed by atoms with Crippen LogP contribution in [-0.2, 0) is 4.79 Å². The summed E-state index contributed by atoms with van der Waals surface area (Å²) in [6.07, 6.45) is 2.38. The second kappa shape index (κ2) is 3.46. The lowest BCUT2D eigenvalue weighted by Crippen LogP contribution is -2.51. The third-order valence-electron chi connectivity index (χ3n) is 4.35. The summed E-state index contributed by atoms with van der Waals surface area (Å²) in [4.78, 5) is 14.1. The molecule has 3 aliphatic rings. The van der Waals surface area contributed by atoms with E-state index in [0.717, 1.165) is 32.6 Å². The molecule has 4 nitrogen and oxygen atoms in total. The number of amides is 1. The molecule has 3 unspecified atom stereocenters. The smallest absolute Gasteiger partial charge is 0.228 e. The quantitative estimate of drug-likeness (QED) is 0.606. The van der Waals surface area contributed by atoms with Gasteiger partial charge >= 0.3 is 0 Å². The molecule has 0 aromatic carbocycles. The zero-order valence-electron chi connectivity index (χ0n) is 8.98. The highest BCUT2D eigenvalue weighted by molar-refractivity contribution is 5.80. The van der Waals surface area contributed by atoms with Crippen LogP contribution in [-0.4, -0.2) is 43.0 Å². The van der Waals surface area contributed by atoms with Gasteiger partial charge in [-0.2, -0.15) is 0 Å². The molecule has 1 amide bonds. The lowest BCUT2D eigenvalue weighted by molar-refractivity contribution is -0.136. The molecular formula is C11H19N3O. The number of hydrogen-bond donors (Lipinski definition) is 2. The highest BCUT2D eigenvalue weighted by atomic mass is 16.2. The Kier molecular flexibility index (Phi) is 2.21. The minimum absolute atomic E-state index is 0.250. The molecule has 2 saturated heterocycles. The van der Waals surface area contributed by atoms with Crippen LogP contribution in [0.5, 0.6) is 0 Å². The van der Waals surface area contributed by atoms with Gasteiger partial charge in [0.25, 0.3) is 0 Å². The fourth-order valence-corrected chi connectivity index (χ4v) is 3.21. The van der Waals surface area contributed by atoms with E-state index in [4.69, 9.17) is 5.73 Å². The van der Waals surface area contributed by atoms with Crippen molar-refractivity contribution in [3.63, 3.8) is 0 Å². The van der Waals surface area contributed by atoms with Gasteiger partial charge in [0.05, 0.1) is 5.92 Å². The van der Waals surface area contributed by atoms with Crippen LogP contribution >= 0.6 is 0 Å². The van der Waals surface area contributed by atoms with Crippen LogP contribution in [0, 0.1) is 17.8 Å². The maximum atomic E-state index is 12.0. The van der Waals surface area contributed by atoms with Crippen molar-refractivity contribution < 1.29 is 4.79 Å². The first-order valence-electron chi connectivity index (χ1n) is 6.01. The highest BCUT2D eigenvalue weighted by Gasteiger charge is 2.44. The van der Waals surface area contributed by atoms with Crippen molar-refractivity contribution >= 4 is 5.91 Å². The number of likely N-dealkylation sites (tertiary alicyclic amines) is 1. The lowest BCUT2D eigenvalue weighted by atomic mass is 9.98. The molecule has 0 spiro atoms. The SMILES string of the molecule is NC1CCC2CN(C(=O)C3CNC3)CC12. The van der Waals surface area contributed by atoms with E-state index < -0.39 is 0 Å². The van der Waals surface area contributed by atoms with Crippen molar-refractivity contribution in [2.45, 2.75) is 18.9 Å². The van der Waals surface area contributed by atoms with Crippen molar-refractivity contribution in [2.75, 3.05) is 26.2 Å². The van der Waals surface area contributed by atoms with Crippen molar-refractivity contribution in [3.8, 4) is 0 Å². The van der Waals surface area contributed by atoms with Crippen molar-refractivity contribution in [1.82, 2.24) is 10.2 Å². The number of carbonyl (C=O) groups is 1. The number of fused-ring (bicyclic) bond motifs is 1. The summed E-state index contributed by atoms with van der Waals surface area (Å²) in [5.74, 6) is 1.88. The standard InChI is InChI=1S/C11H19N3O/c12-10-2-1-7-5-14(6-9(7)10)11(15)8-3-13-4-8/h7-10,13H,1-6,12H2. The Morgan fingerprint density at radius 3 is 2.67 bits per heavy atom. The van der Waals surface area contributed by atoms with E-state index in [1.54, 1.807) is 0 Å². The van der Waals surface area contributed by atoms with Gasteiger partial charge < -0.3 is 16.0 Å². The Morgan fingerprint density at radius 2 is 2.07 bits per heavy atom. The molecule has 3 N–H and O–H groups in total. The number of rotatable bonds is 1. The lowest BCUT2D eigenvalue weighted by Gasteiger charge is -2.30. The predicted octanol–water partition coefficient (Wildman–Crippen LogP) is -0.598.